The lowest BCUT2D eigenvalue weighted by molar-refractivity contribution is -0.121. The number of nitrogens with one attached hydrogen (secondary N) is 1. The van der Waals surface area contributed by atoms with Gasteiger partial charge in [-0.05, 0) is 31.0 Å². The molecule has 1 heterocycles. The Hall–Kier alpha value is -1.88. The van der Waals surface area contributed by atoms with Gasteiger partial charge in [-0.15, -0.1) is 0 Å². The number of rotatable bonds is 5. The van der Waals surface area contributed by atoms with E-state index in [4.69, 9.17) is 5.73 Å². The Kier molecular flexibility index (Phi) is 4.74. The molecule has 1 aromatic rings. The lowest BCUT2D eigenvalue weighted by atomic mass is 10.1. The maximum Gasteiger partial charge on any atom is 0.227 e. The Labute approximate surface area is 119 Å². The van der Waals surface area contributed by atoms with Gasteiger partial charge >= 0.3 is 0 Å². The summed E-state index contributed by atoms with van der Waals surface area (Å²) in [5.41, 5.74) is 7.47. The highest BCUT2D eigenvalue weighted by Gasteiger charge is 2.21. The molecule has 1 aliphatic rings. The number of amides is 2. The van der Waals surface area contributed by atoms with Gasteiger partial charge in [-0.25, -0.2) is 0 Å². The number of anilines is 1. The van der Waals surface area contributed by atoms with Gasteiger partial charge in [0.2, 0.25) is 11.8 Å². The van der Waals surface area contributed by atoms with E-state index in [2.05, 4.69) is 5.32 Å². The van der Waals surface area contributed by atoms with E-state index in [1.807, 2.05) is 24.3 Å². The Morgan fingerprint density at radius 2 is 2.30 bits per heavy atom. The molecule has 20 heavy (non-hydrogen) atoms. The second kappa shape index (κ2) is 6.52. The van der Waals surface area contributed by atoms with Crippen LogP contribution in [0.2, 0.25) is 0 Å². The predicted molar refractivity (Wildman–Crippen MR) is 78.1 cm³/mol. The molecule has 5 nitrogen and oxygen atoms in total. The van der Waals surface area contributed by atoms with Gasteiger partial charge in [-0.2, -0.15) is 0 Å². The number of nitrogens with two attached hydrogens (primary N) is 1. The summed E-state index contributed by atoms with van der Waals surface area (Å²) in [6.45, 7) is 3.04. The molecule has 0 aliphatic carbocycles. The molecule has 1 atom stereocenters. The first-order chi connectivity index (χ1) is 9.56. The normalized spacial score (nSPS) is 16.3. The lowest BCUT2D eigenvalue weighted by Gasteiger charge is -2.16. The van der Waals surface area contributed by atoms with E-state index >= 15 is 0 Å². The summed E-state index contributed by atoms with van der Waals surface area (Å²) in [6.07, 6.45) is 1.85. The highest BCUT2D eigenvalue weighted by atomic mass is 16.2. The minimum atomic E-state index is -0.136. The zero-order chi connectivity index (χ0) is 14.5. The topological polar surface area (TPSA) is 75.4 Å². The van der Waals surface area contributed by atoms with Gasteiger partial charge in [0, 0.05) is 37.7 Å². The van der Waals surface area contributed by atoms with Gasteiger partial charge in [0.25, 0.3) is 0 Å². The average molecular weight is 275 g/mol. The van der Waals surface area contributed by atoms with Crippen molar-refractivity contribution in [1.29, 1.82) is 0 Å². The number of carbonyl (C=O) groups is 2. The van der Waals surface area contributed by atoms with E-state index in [0.29, 0.717) is 19.4 Å². The summed E-state index contributed by atoms with van der Waals surface area (Å²) in [5, 5.41) is 2.84. The van der Waals surface area contributed by atoms with Crippen molar-refractivity contribution < 1.29 is 9.59 Å². The van der Waals surface area contributed by atoms with Crippen molar-refractivity contribution in [1.82, 2.24) is 5.32 Å². The maximum absolute atomic E-state index is 11.7. The van der Waals surface area contributed by atoms with Gasteiger partial charge in [0.05, 0.1) is 0 Å². The van der Waals surface area contributed by atoms with Crippen LogP contribution in [0.4, 0.5) is 5.69 Å². The zero-order valence-electron chi connectivity index (χ0n) is 11.8. The summed E-state index contributed by atoms with van der Waals surface area (Å²) >= 11 is 0. The van der Waals surface area contributed by atoms with Crippen LogP contribution in [0, 0.1) is 0 Å². The van der Waals surface area contributed by atoms with Crippen LogP contribution in [0.3, 0.4) is 0 Å². The fraction of sp³-hybridized carbons (Fsp3) is 0.467. The van der Waals surface area contributed by atoms with Gasteiger partial charge in [0.15, 0.2) is 0 Å². The smallest absolute Gasteiger partial charge is 0.227 e. The molecule has 5 heteroatoms. The first kappa shape index (κ1) is 14.5. The van der Waals surface area contributed by atoms with Crippen molar-refractivity contribution >= 4 is 17.5 Å². The molecular formula is C15H21N3O2. The largest absolute Gasteiger partial charge is 0.352 e. The van der Waals surface area contributed by atoms with E-state index in [0.717, 1.165) is 24.2 Å². The van der Waals surface area contributed by atoms with E-state index < -0.39 is 0 Å². The summed E-state index contributed by atoms with van der Waals surface area (Å²) in [7, 11) is 0. The lowest BCUT2D eigenvalue weighted by Crippen LogP contribution is -2.29. The molecule has 3 N–H and O–H groups in total. The number of benzene rings is 1. The molecule has 108 valence electrons. The minimum absolute atomic E-state index is 0.0531. The molecule has 0 saturated carbocycles. The molecule has 1 saturated heterocycles. The molecule has 1 unspecified atom stereocenters. The van der Waals surface area contributed by atoms with Crippen molar-refractivity contribution in [2.75, 3.05) is 11.4 Å². The van der Waals surface area contributed by atoms with Crippen LogP contribution < -0.4 is 16.0 Å². The fourth-order valence-corrected chi connectivity index (χ4v) is 2.32. The van der Waals surface area contributed by atoms with E-state index in [1.165, 1.54) is 0 Å². The summed E-state index contributed by atoms with van der Waals surface area (Å²) in [5.74, 6) is 0.116. The standard InChI is InChI=1S/C15H21N3O2/c1-11(16)8-14(19)17-10-12-4-2-5-13(9-12)18-7-3-6-15(18)20/h2,4-5,9,11H,3,6-8,10,16H2,1H3,(H,17,19). The van der Waals surface area contributed by atoms with Crippen molar-refractivity contribution in [3.8, 4) is 0 Å². The van der Waals surface area contributed by atoms with E-state index in [1.54, 1.807) is 11.8 Å². The number of hydrogen-bond donors (Lipinski definition) is 2. The molecule has 0 spiro atoms. The summed E-state index contributed by atoms with van der Waals surface area (Å²) in [4.78, 5) is 25.1. The Balaban J connectivity index is 1.96. The quantitative estimate of drug-likeness (QED) is 0.847. The van der Waals surface area contributed by atoms with Crippen LogP contribution in [0.5, 0.6) is 0 Å². The Bertz CT molecular complexity index is 500. The number of hydrogen-bond acceptors (Lipinski definition) is 3. The van der Waals surface area contributed by atoms with Gasteiger partial charge in [-0.3, -0.25) is 9.59 Å². The van der Waals surface area contributed by atoms with Crippen LogP contribution in [-0.4, -0.2) is 24.4 Å². The van der Waals surface area contributed by atoms with Crippen LogP contribution in [0.25, 0.3) is 0 Å². The molecule has 2 rings (SSSR count). The number of carbonyl (C=O) groups excluding carboxylic acids is 2. The van der Waals surface area contributed by atoms with Gasteiger partial charge in [-0.1, -0.05) is 12.1 Å². The molecule has 2 amide bonds. The first-order valence-corrected chi connectivity index (χ1v) is 6.98. The molecule has 1 fully saturated rings. The van der Waals surface area contributed by atoms with Crippen molar-refractivity contribution in [2.24, 2.45) is 5.73 Å². The predicted octanol–water partition coefficient (Wildman–Crippen LogP) is 1.17. The fourth-order valence-electron chi connectivity index (χ4n) is 2.32. The Morgan fingerprint density at radius 1 is 1.50 bits per heavy atom. The van der Waals surface area contributed by atoms with Crippen molar-refractivity contribution in [2.45, 2.75) is 38.8 Å². The molecule has 0 radical (unpaired) electrons. The third-order valence-corrected chi connectivity index (χ3v) is 3.29. The third kappa shape index (κ3) is 3.81. The van der Waals surface area contributed by atoms with Crippen LogP contribution in [0.1, 0.15) is 31.7 Å². The maximum atomic E-state index is 11.7. The molecular weight excluding hydrogens is 254 g/mol. The minimum Gasteiger partial charge on any atom is -0.352 e. The molecule has 1 aromatic carbocycles. The zero-order valence-corrected chi connectivity index (χ0v) is 11.8. The Morgan fingerprint density at radius 3 is 2.95 bits per heavy atom. The summed E-state index contributed by atoms with van der Waals surface area (Å²) in [6, 6.07) is 7.60. The van der Waals surface area contributed by atoms with Crippen molar-refractivity contribution in [3.63, 3.8) is 0 Å². The molecule has 0 bridgehead atoms. The first-order valence-electron chi connectivity index (χ1n) is 6.98. The van der Waals surface area contributed by atoms with E-state index in [-0.39, 0.29) is 17.9 Å². The molecule has 1 aliphatic heterocycles. The second-order valence-corrected chi connectivity index (χ2v) is 5.28. The second-order valence-electron chi connectivity index (χ2n) is 5.28. The van der Waals surface area contributed by atoms with Crippen LogP contribution >= 0.6 is 0 Å². The molecule has 0 aromatic heterocycles. The number of nitrogens with zero attached hydrogens (tertiary/aromatic N) is 1. The van der Waals surface area contributed by atoms with Crippen LogP contribution in [0.15, 0.2) is 24.3 Å². The van der Waals surface area contributed by atoms with E-state index in [9.17, 15) is 9.59 Å². The average Bonchev–Trinajstić information content (AvgIpc) is 2.82. The van der Waals surface area contributed by atoms with Gasteiger partial charge < -0.3 is 16.0 Å². The highest BCUT2D eigenvalue weighted by Crippen LogP contribution is 2.22. The van der Waals surface area contributed by atoms with Crippen molar-refractivity contribution in [3.05, 3.63) is 29.8 Å². The SMILES string of the molecule is CC(N)CC(=O)NCc1cccc(N2CCCC2=O)c1. The summed E-state index contributed by atoms with van der Waals surface area (Å²) < 4.78 is 0. The third-order valence-electron chi connectivity index (χ3n) is 3.29. The van der Waals surface area contributed by atoms with Crippen LogP contribution in [-0.2, 0) is 16.1 Å². The monoisotopic (exact) mass is 275 g/mol. The highest BCUT2D eigenvalue weighted by molar-refractivity contribution is 5.95. The van der Waals surface area contributed by atoms with Gasteiger partial charge in [0.1, 0.15) is 0 Å².